The lowest BCUT2D eigenvalue weighted by Gasteiger charge is -2.31. The van der Waals surface area contributed by atoms with Gasteiger partial charge in [0.1, 0.15) is 5.75 Å². The van der Waals surface area contributed by atoms with Gasteiger partial charge in [0.05, 0.1) is 25.6 Å². The molecule has 4 aromatic rings. The quantitative estimate of drug-likeness (QED) is 0.371. The number of aromatic nitrogens is 3. The van der Waals surface area contributed by atoms with Gasteiger partial charge < -0.3 is 10.1 Å². The Kier molecular flexibility index (Phi) is 6.42. The van der Waals surface area contributed by atoms with Gasteiger partial charge in [-0.15, -0.1) is 5.10 Å². The van der Waals surface area contributed by atoms with Crippen LogP contribution in [0.3, 0.4) is 0 Å². The van der Waals surface area contributed by atoms with E-state index < -0.39 is 0 Å². The molecule has 0 fully saturated rings. The van der Waals surface area contributed by atoms with Gasteiger partial charge in [0.15, 0.2) is 0 Å². The van der Waals surface area contributed by atoms with Crippen molar-refractivity contribution in [3.63, 3.8) is 0 Å². The molecule has 0 saturated carbocycles. The topological polar surface area (TPSA) is 81.1 Å². The SMILES string of the molecule is COc1ccc(CC(=O)Nc2nc3n(n2)[C@@H](c2ccc(C)cc2)C[C@H](c2ccc(Cl)cc2)N3)cc1. The van der Waals surface area contributed by atoms with Gasteiger partial charge in [-0.1, -0.05) is 65.7 Å². The van der Waals surface area contributed by atoms with Crippen molar-refractivity contribution in [3.8, 4) is 5.75 Å². The lowest BCUT2D eigenvalue weighted by atomic mass is 9.93. The number of fused-ring (bicyclic) bond motifs is 1. The van der Waals surface area contributed by atoms with Crippen LogP contribution in [0.15, 0.2) is 72.8 Å². The first kappa shape index (κ1) is 22.9. The minimum absolute atomic E-state index is 0.0260. The van der Waals surface area contributed by atoms with Crippen molar-refractivity contribution >= 4 is 29.4 Å². The number of carbonyl (C=O) groups is 1. The Hall–Kier alpha value is -3.84. The third-order valence-corrected chi connectivity index (χ3v) is 6.45. The number of nitrogens with one attached hydrogen (secondary N) is 2. The molecule has 2 heterocycles. The number of ether oxygens (including phenoxy) is 1. The summed E-state index contributed by atoms with van der Waals surface area (Å²) in [5.74, 6) is 1.46. The van der Waals surface area contributed by atoms with Crippen molar-refractivity contribution in [2.75, 3.05) is 17.7 Å². The molecular formula is C27H26ClN5O2. The summed E-state index contributed by atoms with van der Waals surface area (Å²) in [7, 11) is 1.61. The Labute approximate surface area is 209 Å². The highest BCUT2D eigenvalue weighted by molar-refractivity contribution is 6.30. The van der Waals surface area contributed by atoms with Crippen molar-refractivity contribution in [2.24, 2.45) is 0 Å². The Morgan fingerprint density at radius 3 is 2.43 bits per heavy atom. The molecule has 178 valence electrons. The standard InChI is InChI=1S/C27H26ClN5O2/c1-17-3-7-20(8-4-17)24-16-23(19-9-11-21(28)12-10-19)29-27-31-26(32-33(24)27)30-25(34)15-18-5-13-22(35-2)14-6-18/h3-14,23-24H,15-16H2,1-2H3,(H2,29,30,31,32,34)/t23-,24-/m1/s1. The molecule has 1 amide bonds. The first-order valence-corrected chi connectivity index (χ1v) is 11.8. The fourth-order valence-electron chi connectivity index (χ4n) is 4.31. The minimum Gasteiger partial charge on any atom is -0.497 e. The summed E-state index contributed by atoms with van der Waals surface area (Å²) >= 11 is 6.10. The van der Waals surface area contributed by atoms with Gasteiger partial charge in [0.2, 0.25) is 11.9 Å². The predicted molar refractivity (Wildman–Crippen MR) is 137 cm³/mol. The van der Waals surface area contributed by atoms with Gasteiger partial charge in [0, 0.05) is 5.02 Å². The van der Waals surface area contributed by atoms with Crippen LogP contribution in [0.5, 0.6) is 5.75 Å². The summed E-state index contributed by atoms with van der Waals surface area (Å²) in [6.45, 7) is 2.07. The summed E-state index contributed by atoms with van der Waals surface area (Å²) in [5, 5.41) is 11.7. The van der Waals surface area contributed by atoms with Crippen LogP contribution in [-0.2, 0) is 11.2 Å². The summed E-state index contributed by atoms with van der Waals surface area (Å²) in [4.78, 5) is 17.3. The summed E-state index contributed by atoms with van der Waals surface area (Å²) in [5.41, 5.74) is 4.33. The molecule has 7 nitrogen and oxygen atoms in total. The average Bonchev–Trinajstić information content (AvgIpc) is 3.27. The van der Waals surface area contributed by atoms with E-state index in [2.05, 4.69) is 51.9 Å². The highest BCUT2D eigenvalue weighted by Gasteiger charge is 2.31. The van der Waals surface area contributed by atoms with E-state index in [0.29, 0.717) is 11.0 Å². The highest BCUT2D eigenvalue weighted by atomic mass is 35.5. The summed E-state index contributed by atoms with van der Waals surface area (Å²) in [6, 6.07) is 23.7. The van der Waals surface area contributed by atoms with E-state index in [1.165, 1.54) is 5.56 Å². The van der Waals surface area contributed by atoms with Crippen LogP contribution in [0.4, 0.5) is 11.9 Å². The molecule has 0 aliphatic carbocycles. The zero-order valence-corrected chi connectivity index (χ0v) is 20.3. The van der Waals surface area contributed by atoms with E-state index in [4.69, 9.17) is 16.3 Å². The lowest BCUT2D eigenvalue weighted by Crippen LogP contribution is -2.28. The van der Waals surface area contributed by atoms with Crippen LogP contribution in [0.1, 0.15) is 40.8 Å². The Morgan fingerprint density at radius 2 is 1.74 bits per heavy atom. The second kappa shape index (κ2) is 9.80. The molecule has 2 atom stereocenters. The molecule has 0 unspecified atom stereocenters. The molecular weight excluding hydrogens is 462 g/mol. The van der Waals surface area contributed by atoms with Crippen molar-refractivity contribution in [2.45, 2.75) is 31.8 Å². The normalized spacial score (nSPS) is 16.8. The largest absolute Gasteiger partial charge is 0.497 e. The number of benzene rings is 3. The fraction of sp³-hybridized carbons (Fsp3) is 0.222. The van der Waals surface area contributed by atoms with E-state index in [1.54, 1.807) is 7.11 Å². The molecule has 1 aromatic heterocycles. The molecule has 2 N–H and O–H groups in total. The maximum absolute atomic E-state index is 12.7. The number of methoxy groups -OCH3 is 1. The molecule has 8 heteroatoms. The number of carbonyl (C=O) groups excluding carboxylic acids is 1. The third-order valence-electron chi connectivity index (χ3n) is 6.20. The second-order valence-corrected chi connectivity index (χ2v) is 9.12. The van der Waals surface area contributed by atoms with Gasteiger partial charge in [-0.25, -0.2) is 4.68 Å². The second-order valence-electron chi connectivity index (χ2n) is 8.69. The number of halogens is 1. The fourth-order valence-corrected chi connectivity index (χ4v) is 4.43. The van der Waals surface area contributed by atoms with E-state index >= 15 is 0 Å². The number of aryl methyl sites for hydroxylation is 1. The Morgan fingerprint density at radius 1 is 1.06 bits per heavy atom. The van der Waals surface area contributed by atoms with Gasteiger partial charge in [-0.05, 0) is 54.3 Å². The molecule has 1 aliphatic heterocycles. The number of hydrogen-bond acceptors (Lipinski definition) is 5. The third kappa shape index (κ3) is 5.15. The van der Waals surface area contributed by atoms with Crippen LogP contribution in [-0.4, -0.2) is 27.8 Å². The van der Waals surface area contributed by atoms with Crippen molar-refractivity contribution in [1.82, 2.24) is 14.8 Å². The first-order chi connectivity index (χ1) is 17.0. The van der Waals surface area contributed by atoms with Gasteiger partial charge >= 0.3 is 0 Å². The Bertz CT molecular complexity index is 1320. The highest BCUT2D eigenvalue weighted by Crippen LogP contribution is 2.38. The first-order valence-electron chi connectivity index (χ1n) is 11.5. The molecule has 5 rings (SSSR count). The van der Waals surface area contributed by atoms with Crippen molar-refractivity contribution < 1.29 is 9.53 Å². The summed E-state index contributed by atoms with van der Waals surface area (Å²) < 4.78 is 7.04. The van der Waals surface area contributed by atoms with E-state index in [-0.39, 0.29) is 30.4 Å². The number of rotatable bonds is 6. The van der Waals surface area contributed by atoms with Crippen LogP contribution >= 0.6 is 11.6 Å². The molecule has 0 saturated heterocycles. The average molecular weight is 488 g/mol. The predicted octanol–water partition coefficient (Wildman–Crippen LogP) is 5.58. The zero-order chi connectivity index (χ0) is 24.4. The van der Waals surface area contributed by atoms with Gasteiger partial charge in [-0.3, -0.25) is 10.1 Å². The van der Waals surface area contributed by atoms with Crippen LogP contribution in [0.25, 0.3) is 0 Å². The lowest BCUT2D eigenvalue weighted by molar-refractivity contribution is -0.115. The number of anilines is 2. The molecule has 0 spiro atoms. The Balaban J connectivity index is 1.40. The van der Waals surface area contributed by atoms with E-state index in [9.17, 15) is 4.79 Å². The maximum Gasteiger partial charge on any atom is 0.250 e. The zero-order valence-electron chi connectivity index (χ0n) is 19.5. The van der Waals surface area contributed by atoms with Crippen molar-refractivity contribution in [1.29, 1.82) is 0 Å². The van der Waals surface area contributed by atoms with Gasteiger partial charge in [-0.2, -0.15) is 4.98 Å². The van der Waals surface area contributed by atoms with Crippen LogP contribution in [0, 0.1) is 6.92 Å². The smallest absolute Gasteiger partial charge is 0.250 e. The number of amides is 1. The summed E-state index contributed by atoms with van der Waals surface area (Å²) in [6.07, 6.45) is 0.996. The van der Waals surface area contributed by atoms with Gasteiger partial charge in [0.25, 0.3) is 5.95 Å². The van der Waals surface area contributed by atoms with E-state index in [1.807, 2.05) is 53.2 Å². The minimum atomic E-state index is -0.181. The molecule has 0 bridgehead atoms. The maximum atomic E-state index is 12.7. The molecule has 1 aliphatic rings. The molecule has 35 heavy (non-hydrogen) atoms. The van der Waals surface area contributed by atoms with Crippen LogP contribution < -0.4 is 15.4 Å². The molecule has 3 aromatic carbocycles. The van der Waals surface area contributed by atoms with Crippen molar-refractivity contribution in [3.05, 3.63) is 100 Å². The molecule has 0 radical (unpaired) electrons. The van der Waals surface area contributed by atoms with E-state index in [0.717, 1.165) is 28.9 Å². The number of hydrogen-bond donors (Lipinski definition) is 2. The monoisotopic (exact) mass is 487 g/mol. The number of nitrogens with zero attached hydrogens (tertiary/aromatic N) is 3. The van der Waals surface area contributed by atoms with Crippen LogP contribution in [0.2, 0.25) is 5.02 Å².